The Bertz CT molecular complexity index is 542. The van der Waals surface area contributed by atoms with Crippen LogP contribution in [-0.4, -0.2) is 36.2 Å². The van der Waals surface area contributed by atoms with Gasteiger partial charge in [-0.1, -0.05) is 25.1 Å². The van der Waals surface area contributed by atoms with Crippen LogP contribution in [0.25, 0.3) is 0 Å². The Morgan fingerprint density at radius 1 is 1.24 bits per heavy atom. The summed E-state index contributed by atoms with van der Waals surface area (Å²) in [5.41, 5.74) is 2.51. The first-order valence-electron chi connectivity index (χ1n) is 6.43. The molecule has 3 amide bonds. The monoisotopic (exact) mass is 294 g/mol. The Hall–Kier alpha value is -2.41. The van der Waals surface area contributed by atoms with Crippen LogP contribution in [0.3, 0.4) is 0 Å². The molecule has 1 rings (SSSR count). The van der Waals surface area contributed by atoms with Gasteiger partial charge < -0.3 is 15.2 Å². The normalized spacial score (nSPS) is 10.0. The lowest BCUT2D eigenvalue weighted by atomic mass is 10.1. The van der Waals surface area contributed by atoms with Gasteiger partial charge in [0.05, 0.1) is 0 Å². The van der Waals surface area contributed by atoms with Crippen LogP contribution in [0, 0.1) is 6.92 Å². The zero-order valence-electron chi connectivity index (χ0n) is 11.9. The van der Waals surface area contributed by atoms with Crippen molar-refractivity contribution >= 4 is 23.6 Å². The average Bonchev–Trinajstić information content (AvgIpc) is 2.40. The molecule has 0 atom stereocenters. The van der Waals surface area contributed by atoms with Gasteiger partial charge in [0.15, 0.2) is 0 Å². The molecule has 0 unspecified atom stereocenters. The first kappa shape index (κ1) is 16.6. The van der Waals surface area contributed by atoms with Gasteiger partial charge in [0.1, 0.15) is 13.2 Å². The van der Waals surface area contributed by atoms with E-state index < -0.39 is 31.1 Å². The van der Waals surface area contributed by atoms with Crippen molar-refractivity contribution in [2.24, 2.45) is 0 Å². The second kappa shape index (κ2) is 8.01. The summed E-state index contributed by atoms with van der Waals surface area (Å²) in [6, 6.07) is 4.96. The number of aliphatic carboxylic acids is 1. The Kier molecular flexibility index (Phi) is 6.35. The number of nitrogens with one attached hydrogen (secondary N) is 2. The second-order valence-corrected chi connectivity index (χ2v) is 4.35. The molecule has 0 spiro atoms. The number of carboxylic acid groups (broad SMARTS) is 1. The van der Waals surface area contributed by atoms with E-state index in [-0.39, 0.29) is 0 Å². The van der Waals surface area contributed by atoms with E-state index in [1.807, 2.05) is 32.0 Å². The number of rotatable bonds is 6. The Labute approximate surface area is 122 Å². The molecule has 0 saturated carbocycles. The van der Waals surface area contributed by atoms with Gasteiger partial charge in [-0.05, 0) is 24.5 Å². The first-order chi connectivity index (χ1) is 9.93. The fourth-order valence-electron chi connectivity index (χ4n) is 1.74. The fraction of sp³-hybridized carbons (Fsp3) is 0.357. The number of carboxylic acids is 1. The Morgan fingerprint density at radius 2 is 1.95 bits per heavy atom. The number of carbonyl (C=O) groups is 3. The molecular weight excluding hydrogens is 276 g/mol. The predicted molar refractivity (Wildman–Crippen MR) is 76.2 cm³/mol. The summed E-state index contributed by atoms with van der Waals surface area (Å²) in [4.78, 5) is 33.3. The topological polar surface area (TPSA) is 105 Å². The number of hydrogen-bond acceptors (Lipinski definition) is 4. The third-order valence-electron chi connectivity index (χ3n) is 2.69. The van der Waals surface area contributed by atoms with Crippen molar-refractivity contribution < 1.29 is 24.2 Å². The molecule has 21 heavy (non-hydrogen) atoms. The molecule has 114 valence electrons. The van der Waals surface area contributed by atoms with Crippen LogP contribution >= 0.6 is 0 Å². The van der Waals surface area contributed by atoms with Gasteiger partial charge in [-0.2, -0.15) is 0 Å². The maximum Gasteiger partial charge on any atom is 0.329 e. The minimum atomic E-state index is -1.18. The van der Waals surface area contributed by atoms with Crippen molar-refractivity contribution in [2.75, 3.05) is 18.5 Å². The summed E-state index contributed by atoms with van der Waals surface area (Å²) in [5, 5.41) is 13.0. The summed E-state index contributed by atoms with van der Waals surface area (Å²) in [7, 11) is 0. The van der Waals surface area contributed by atoms with Crippen molar-refractivity contribution in [1.82, 2.24) is 5.32 Å². The van der Waals surface area contributed by atoms with Gasteiger partial charge in [0.25, 0.3) is 5.91 Å². The van der Waals surface area contributed by atoms with Crippen LogP contribution in [0.15, 0.2) is 18.2 Å². The standard InChI is InChI=1S/C14H18N2O5/c1-3-10-6-4-5-9(2)13(10)16-14(20)15-11(17)7-21-8-12(18)19/h4-6H,3,7-8H2,1-2H3,(H,18,19)(H2,15,16,17,20). The minimum Gasteiger partial charge on any atom is -0.480 e. The van der Waals surface area contributed by atoms with Crippen LogP contribution < -0.4 is 10.6 Å². The van der Waals surface area contributed by atoms with Gasteiger partial charge in [-0.25, -0.2) is 9.59 Å². The quantitative estimate of drug-likeness (QED) is 0.733. The highest BCUT2D eigenvalue weighted by Crippen LogP contribution is 2.20. The van der Waals surface area contributed by atoms with E-state index in [0.717, 1.165) is 17.5 Å². The number of aryl methyl sites for hydroxylation is 2. The van der Waals surface area contributed by atoms with Crippen molar-refractivity contribution in [3.8, 4) is 0 Å². The van der Waals surface area contributed by atoms with Crippen LogP contribution in [0.4, 0.5) is 10.5 Å². The summed E-state index contributed by atoms with van der Waals surface area (Å²) in [6.45, 7) is 2.73. The molecule has 1 aromatic carbocycles. The highest BCUT2D eigenvalue weighted by atomic mass is 16.5. The maximum atomic E-state index is 11.7. The molecule has 0 heterocycles. The molecular formula is C14H18N2O5. The van der Waals surface area contributed by atoms with Gasteiger partial charge in [-0.3, -0.25) is 10.1 Å². The summed E-state index contributed by atoms with van der Waals surface area (Å²) in [5.74, 6) is -1.89. The molecule has 7 nitrogen and oxygen atoms in total. The maximum absolute atomic E-state index is 11.7. The number of carbonyl (C=O) groups excluding carboxylic acids is 2. The van der Waals surface area contributed by atoms with E-state index >= 15 is 0 Å². The highest BCUT2D eigenvalue weighted by molar-refractivity contribution is 6.02. The lowest BCUT2D eigenvalue weighted by Crippen LogP contribution is -2.37. The first-order valence-corrected chi connectivity index (χ1v) is 6.43. The lowest BCUT2D eigenvalue weighted by Gasteiger charge is -2.13. The zero-order valence-corrected chi connectivity index (χ0v) is 11.9. The van der Waals surface area contributed by atoms with Gasteiger partial charge in [-0.15, -0.1) is 0 Å². The number of amides is 3. The highest BCUT2D eigenvalue weighted by Gasteiger charge is 2.12. The van der Waals surface area contributed by atoms with Crippen molar-refractivity contribution in [3.63, 3.8) is 0 Å². The largest absolute Gasteiger partial charge is 0.480 e. The van der Waals surface area contributed by atoms with E-state index in [1.54, 1.807) is 0 Å². The number of imide groups is 1. The number of para-hydroxylation sites is 1. The Morgan fingerprint density at radius 3 is 2.57 bits per heavy atom. The summed E-state index contributed by atoms with van der Waals surface area (Å²) >= 11 is 0. The summed E-state index contributed by atoms with van der Waals surface area (Å²) in [6.07, 6.45) is 0.743. The molecule has 0 aliphatic heterocycles. The third-order valence-corrected chi connectivity index (χ3v) is 2.69. The molecule has 0 saturated heterocycles. The minimum absolute atomic E-state index is 0.492. The number of anilines is 1. The van der Waals surface area contributed by atoms with E-state index in [2.05, 4.69) is 15.4 Å². The van der Waals surface area contributed by atoms with E-state index in [9.17, 15) is 14.4 Å². The second-order valence-electron chi connectivity index (χ2n) is 4.35. The third kappa shape index (κ3) is 5.62. The lowest BCUT2D eigenvalue weighted by molar-refractivity contribution is -0.143. The van der Waals surface area contributed by atoms with Crippen LogP contribution in [0.2, 0.25) is 0 Å². The molecule has 1 aromatic rings. The molecule has 0 aromatic heterocycles. The van der Waals surface area contributed by atoms with Crippen LogP contribution in [-0.2, 0) is 20.7 Å². The molecule has 3 N–H and O–H groups in total. The molecule has 0 aliphatic rings. The number of urea groups is 1. The molecule has 0 radical (unpaired) electrons. The van der Waals surface area contributed by atoms with E-state index in [1.165, 1.54) is 0 Å². The van der Waals surface area contributed by atoms with Gasteiger partial charge >= 0.3 is 12.0 Å². The molecule has 7 heteroatoms. The summed E-state index contributed by atoms with van der Waals surface area (Å²) < 4.78 is 4.58. The molecule has 0 fully saturated rings. The Balaban J connectivity index is 2.54. The average molecular weight is 294 g/mol. The fourth-order valence-corrected chi connectivity index (χ4v) is 1.74. The molecule has 0 aliphatic carbocycles. The number of hydrogen-bond donors (Lipinski definition) is 3. The van der Waals surface area contributed by atoms with E-state index in [4.69, 9.17) is 5.11 Å². The molecule has 0 bridgehead atoms. The van der Waals surface area contributed by atoms with Gasteiger partial charge in [0, 0.05) is 5.69 Å². The predicted octanol–water partition coefficient (Wildman–Crippen LogP) is 1.31. The van der Waals surface area contributed by atoms with Crippen molar-refractivity contribution in [3.05, 3.63) is 29.3 Å². The number of ether oxygens (including phenoxy) is 1. The van der Waals surface area contributed by atoms with Crippen LogP contribution in [0.1, 0.15) is 18.1 Å². The SMILES string of the molecule is CCc1cccc(C)c1NC(=O)NC(=O)COCC(=O)O. The van der Waals surface area contributed by atoms with Crippen molar-refractivity contribution in [1.29, 1.82) is 0 Å². The van der Waals surface area contributed by atoms with Gasteiger partial charge in [0.2, 0.25) is 0 Å². The van der Waals surface area contributed by atoms with Crippen LogP contribution in [0.5, 0.6) is 0 Å². The smallest absolute Gasteiger partial charge is 0.329 e. The number of benzene rings is 1. The zero-order chi connectivity index (χ0) is 15.8. The van der Waals surface area contributed by atoms with E-state index in [0.29, 0.717) is 5.69 Å². The van der Waals surface area contributed by atoms with Crippen molar-refractivity contribution in [2.45, 2.75) is 20.3 Å².